The van der Waals surface area contributed by atoms with Gasteiger partial charge >= 0.3 is 5.76 Å². The minimum absolute atomic E-state index is 0.260. The first kappa shape index (κ1) is 16.5. The molecule has 0 aliphatic carbocycles. The molecule has 0 fully saturated rings. The maximum atomic E-state index is 12.4. The molecule has 3 aromatic rings. The summed E-state index contributed by atoms with van der Waals surface area (Å²) in [6.07, 6.45) is 0.495. The van der Waals surface area contributed by atoms with Crippen molar-refractivity contribution in [3.05, 3.63) is 63.6 Å². The second-order valence-corrected chi connectivity index (χ2v) is 7.50. The number of fused-ring (bicyclic) bond motifs is 1. The first-order valence-corrected chi connectivity index (χ1v) is 9.02. The highest BCUT2D eigenvalue weighted by Crippen LogP contribution is 2.17. The van der Waals surface area contributed by atoms with Crippen molar-refractivity contribution in [3.8, 4) is 0 Å². The van der Waals surface area contributed by atoms with Crippen LogP contribution in [0.2, 0.25) is 0 Å². The van der Waals surface area contributed by atoms with Gasteiger partial charge in [-0.05, 0) is 49.6 Å². The molecule has 0 saturated carbocycles. The molecule has 0 aliphatic heterocycles. The predicted octanol–water partition coefficient (Wildman–Crippen LogP) is 2.26. The summed E-state index contributed by atoms with van der Waals surface area (Å²) in [7, 11) is -3.55. The number of H-pyrrole nitrogens is 1. The third-order valence-corrected chi connectivity index (χ3v) is 5.43. The number of nitrogens with one attached hydrogen (secondary N) is 2. The zero-order valence-corrected chi connectivity index (χ0v) is 14.2. The Kier molecular flexibility index (Phi) is 4.29. The third-order valence-electron chi connectivity index (χ3n) is 3.81. The molecule has 2 aromatic carbocycles. The largest absolute Gasteiger partial charge is 0.417 e. The Morgan fingerprint density at radius 1 is 1.12 bits per heavy atom. The molecular formula is C17H18N2O4S. The molecule has 1 heterocycles. The molecule has 6 nitrogen and oxygen atoms in total. The summed E-state index contributed by atoms with van der Waals surface area (Å²) < 4.78 is 32.4. The molecule has 24 heavy (non-hydrogen) atoms. The number of aromatic amines is 1. The van der Waals surface area contributed by atoms with Gasteiger partial charge in [-0.25, -0.2) is 17.9 Å². The van der Waals surface area contributed by atoms with Gasteiger partial charge in [0.2, 0.25) is 10.0 Å². The molecular weight excluding hydrogens is 328 g/mol. The van der Waals surface area contributed by atoms with Crippen molar-refractivity contribution in [2.24, 2.45) is 0 Å². The number of benzene rings is 2. The van der Waals surface area contributed by atoms with Crippen LogP contribution in [0, 0.1) is 13.8 Å². The number of sulfonamides is 1. The van der Waals surface area contributed by atoms with Gasteiger partial charge in [0.1, 0.15) is 0 Å². The topological polar surface area (TPSA) is 92.2 Å². The first-order valence-electron chi connectivity index (χ1n) is 7.54. The van der Waals surface area contributed by atoms with E-state index in [9.17, 15) is 13.2 Å². The van der Waals surface area contributed by atoms with Gasteiger partial charge < -0.3 is 4.42 Å². The highest BCUT2D eigenvalue weighted by atomic mass is 32.2. The number of hydrogen-bond donors (Lipinski definition) is 2. The molecule has 3 rings (SSSR count). The lowest BCUT2D eigenvalue weighted by atomic mass is 10.1. The van der Waals surface area contributed by atoms with E-state index in [4.69, 9.17) is 4.42 Å². The molecule has 0 spiro atoms. The Balaban J connectivity index is 1.71. The SMILES string of the molecule is Cc1ccc(S(=O)(=O)NCCc2ccc3[nH]c(=O)oc3c2)c(C)c1. The molecule has 0 atom stereocenters. The Hall–Kier alpha value is -2.38. The summed E-state index contributed by atoms with van der Waals surface area (Å²) in [5, 5.41) is 0. The monoisotopic (exact) mass is 346 g/mol. The fourth-order valence-electron chi connectivity index (χ4n) is 2.65. The summed E-state index contributed by atoms with van der Waals surface area (Å²) in [5.41, 5.74) is 3.72. The maximum absolute atomic E-state index is 12.4. The summed E-state index contributed by atoms with van der Waals surface area (Å²) in [6, 6.07) is 10.6. The zero-order chi connectivity index (χ0) is 17.3. The van der Waals surface area contributed by atoms with E-state index in [0.717, 1.165) is 16.7 Å². The highest BCUT2D eigenvalue weighted by molar-refractivity contribution is 7.89. The van der Waals surface area contributed by atoms with Crippen LogP contribution in [0.1, 0.15) is 16.7 Å². The van der Waals surface area contributed by atoms with Gasteiger partial charge in [0, 0.05) is 6.54 Å². The van der Waals surface area contributed by atoms with E-state index in [2.05, 4.69) is 9.71 Å². The van der Waals surface area contributed by atoms with Crippen LogP contribution >= 0.6 is 0 Å². The van der Waals surface area contributed by atoms with Crippen LogP contribution in [0.15, 0.2) is 50.5 Å². The normalized spacial score (nSPS) is 11.9. The molecule has 7 heteroatoms. The number of rotatable bonds is 5. The second-order valence-electron chi connectivity index (χ2n) is 5.76. The van der Waals surface area contributed by atoms with Gasteiger partial charge in [-0.3, -0.25) is 4.98 Å². The predicted molar refractivity (Wildman–Crippen MR) is 91.6 cm³/mol. The van der Waals surface area contributed by atoms with Crippen LogP contribution in [-0.2, 0) is 16.4 Å². The van der Waals surface area contributed by atoms with E-state index in [1.807, 2.05) is 19.1 Å². The van der Waals surface area contributed by atoms with Gasteiger partial charge in [-0.2, -0.15) is 0 Å². The Morgan fingerprint density at radius 2 is 1.92 bits per heavy atom. The summed E-state index contributed by atoms with van der Waals surface area (Å²) in [6.45, 7) is 3.96. The number of oxazole rings is 1. The fraction of sp³-hybridized carbons (Fsp3) is 0.235. The molecule has 0 aliphatic rings. The number of aromatic nitrogens is 1. The molecule has 0 saturated heterocycles. The van der Waals surface area contributed by atoms with Crippen molar-refractivity contribution in [1.82, 2.24) is 9.71 Å². The fourth-order valence-corrected chi connectivity index (χ4v) is 3.91. The lowest BCUT2D eigenvalue weighted by molar-refractivity contribution is 0.555. The van der Waals surface area contributed by atoms with Crippen LogP contribution in [-0.4, -0.2) is 19.9 Å². The van der Waals surface area contributed by atoms with Crippen molar-refractivity contribution < 1.29 is 12.8 Å². The standard InChI is InChI=1S/C17H18N2O4S/c1-11-3-6-16(12(2)9-11)24(21,22)18-8-7-13-4-5-14-15(10-13)23-17(20)19-14/h3-6,9-10,18H,7-8H2,1-2H3,(H,19,20). The van der Waals surface area contributed by atoms with E-state index < -0.39 is 15.8 Å². The quantitative estimate of drug-likeness (QED) is 0.741. The van der Waals surface area contributed by atoms with Crippen LogP contribution in [0.3, 0.4) is 0 Å². The van der Waals surface area contributed by atoms with Gasteiger partial charge in [-0.1, -0.05) is 23.8 Å². The molecule has 0 unspecified atom stereocenters. The van der Waals surface area contributed by atoms with Gasteiger partial charge in [0.05, 0.1) is 10.4 Å². The Bertz CT molecular complexity index is 1050. The van der Waals surface area contributed by atoms with E-state index in [1.54, 1.807) is 31.2 Å². The van der Waals surface area contributed by atoms with Crippen molar-refractivity contribution in [2.45, 2.75) is 25.2 Å². The highest BCUT2D eigenvalue weighted by Gasteiger charge is 2.16. The van der Waals surface area contributed by atoms with Gasteiger partial charge in [0.25, 0.3) is 0 Å². The maximum Gasteiger partial charge on any atom is 0.417 e. The lowest BCUT2D eigenvalue weighted by Crippen LogP contribution is -2.26. The third kappa shape index (κ3) is 3.42. The van der Waals surface area contributed by atoms with E-state index in [-0.39, 0.29) is 6.54 Å². The van der Waals surface area contributed by atoms with Gasteiger partial charge in [0.15, 0.2) is 5.58 Å². The molecule has 0 radical (unpaired) electrons. The average Bonchev–Trinajstić information content (AvgIpc) is 2.86. The van der Waals surface area contributed by atoms with Crippen molar-refractivity contribution in [3.63, 3.8) is 0 Å². The Labute approximate surface area is 139 Å². The zero-order valence-electron chi connectivity index (χ0n) is 13.4. The van der Waals surface area contributed by atoms with Gasteiger partial charge in [-0.15, -0.1) is 0 Å². The number of hydrogen-bond acceptors (Lipinski definition) is 4. The van der Waals surface area contributed by atoms with Crippen molar-refractivity contribution >= 4 is 21.1 Å². The summed E-state index contributed by atoms with van der Waals surface area (Å²) in [4.78, 5) is 14.0. The van der Waals surface area contributed by atoms with E-state index >= 15 is 0 Å². The molecule has 0 amide bonds. The van der Waals surface area contributed by atoms with Crippen molar-refractivity contribution in [1.29, 1.82) is 0 Å². The van der Waals surface area contributed by atoms with Crippen LogP contribution in [0.5, 0.6) is 0 Å². The second kappa shape index (κ2) is 6.26. The summed E-state index contributed by atoms with van der Waals surface area (Å²) >= 11 is 0. The van der Waals surface area contributed by atoms with Crippen LogP contribution in [0.4, 0.5) is 0 Å². The minimum Gasteiger partial charge on any atom is -0.408 e. The Morgan fingerprint density at radius 3 is 2.67 bits per heavy atom. The lowest BCUT2D eigenvalue weighted by Gasteiger charge is -2.10. The van der Waals surface area contributed by atoms with Crippen LogP contribution in [0.25, 0.3) is 11.1 Å². The average molecular weight is 346 g/mol. The number of aryl methyl sites for hydroxylation is 2. The smallest absolute Gasteiger partial charge is 0.408 e. The van der Waals surface area contributed by atoms with Crippen LogP contribution < -0.4 is 10.5 Å². The van der Waals surface area contributed by atoms with E-state index in [1.165, 1.54) is 0 Å². The molecule has 0 bridgehead atoms. The van der Waals surface area contributed by atoms with Crippen molar-refractivity contribution in [2.75, 3.05) is 6.54 Å². The summed E-state index contributed by atoms with van der Waals surface area (Å²) in [5.74, 6) is -0.502. The first-order chi connectivity index (χ1) is 11.3. The van der Waals surface area contributed by atoms with E-state index in [0.29, 0.717) is 22.4 Å². The molecule has 2 N–H and O–H groups in total. The minimum atomic E-state index is -3.55. The molecule has 126 valence electrons. The molecule has 1 aromatic heterocycles.